The molecule has 3 aromatic carbocycles. The second kappa shape index (κ2) is 6.66. The van der Waals surface area contributed by atoms with Gasteiger partial charge in [-0.15, -0.1) is 5.11 Å². The standard InChI is InChI=1S/C19H14N2O2/c22-19(23)12-11-14-5-3-8-16(13-14)20-21-18-10-4-7-15-6-1-2-9-17(15)18/h1-13H,(H,22,23)/b12-11+,21-20?. The SMILES string of the molecule is O=C(O)/C=C/c1cccc(N=Nc2cccc3ccccc23)c1. The molecule has 0 aliphatic rings. The van der Waals surface area contributed by atoms with Crippen LogP contribution in [0.5, 0.6) is 0 Å². The lowest BCUT2D eigenvalue weighted by molar-refractivity contribution is -0.131. The number of carboxylic acid groups (broad SMARTS) is 1. The first kappa shape index (κ1) is 14.7. The van der Waals surface area contributed by atoms with Crippen LogP contribution < -0.4 is 0 Å². The molecule has 0 fully saturated rings. The van der Waals surface area contributed by atoms with E-state index >= 15 is 0 Å². The lowest BCUT2D eigenvalue weighted by Crippen LogP contribution is -1.85. The zero-order chi connectivity index (χ0) is 16.1. The van der Waals surface area contributed by atoms with Crippen molar-refractivity contribution in [2.24, 2.45) is 10.2 Å². The van der Waals surface area contributed by atoms with E-state index in [0.29, 0.717) is 5.69 Å². The maximum Gasteiger partial charge on any atom is 0.328 e. The van der Waals surface area contributed by atoms with Crippen LogP contribution in [0.3, 0.4) is 0 Å². The fourth-order valence-corrected chi connectivity index (χ4v) is 2.27. The Morgan fingerprint density at radius 1 is 0.913 bits per heavy atom. The van der Waals surface area contributed by atoms with Crippen molar-refractivity contribution in [1.29, 1.82) is 0 Å². The van der Waals surface area contributed by atoms with Crippen molar-refractivity contribution in [1.82, 2.24) is 0 Å². The minimum Gasteiger partial charge on any atom is -0.478 e. The topological polar surface area (TPSA) is 62.0 Å². The van der Waals surface area contributed by atoms with Gasteiger partial charge < -0.3 is 5.11 Å². The predicted octanol–water partition coefficient (Wildman–Crippen LogP) is 5.35. The number of aliphatic carboxylic acids is 1. The van der Waals surface area contributed by atoms with E-state index in [1.807, 2.05) is 60.7 Å². The van der Waals surface area contributed by atoms with Gasteiger partial charge in [0.1, 0.15) is 0 Å². The van der Waals surface area contributed by atoms with Crippen molar-refractivity contribution in [3.8, 4) is 0 Å². The Kier molecular flexibility index (Phi) is 4.25. The molecule has 0 heterocycles. The highest BCUT2D eigenvalue weighted by atomic mass is 16.4. The molecule has 0 aliphatic heterocycles. The molecule has 0 aromatic heterocycles. The fourth-order valence-electron chi connectivity index (χ4n) is 2.27. The number of hydrogen-bond donors (Lipinski definition) is 1. The van der Waals surface area contributed by atoms with Crippen molar-refractivity contribution in [2.75, 3.05) is 0 Å². The van der Waals surface area contributed by atoms with E-state index < -0.39 is 5.97 Å². The normalized spacial score (nSPS) is 11.5. The molecular weight excluding hydrogens is 288 g/mol. The minimum absolute atomic E-state index is 0.672. The number of fused-ring (bicyclic) bond motifs is 1. The first-order valence-corrected chi connectivity index (χ1v) is 7.13. The highest BCUT2D eigenvalue weighted by Crippen LogP contribution is 2.27. The van der Waals surface area contributed by atoms with Crippen LogP contribution in [0.15, 0.2) is 83.0 Å². The Hall–Kier alpha value is -3.27. The van der Waals surface area contributed by atoms with E-state index in [9.17, 15) is 4.79 Å². The molecule has 0 bridgehead atoms. The summed E-state index contributed by atoms with van der Waals surface area (Å²) in [4.78, 5) is 10.6. The van der Waals surface area contributed by atoms with Crippen LogP contribution in [0, 0.1) is 0 Å². The third-order valence-electron chi connectivity index (χ3n) is 3.33. The quantitative estimate of drug-likeness (QED) is 0.521. The molecule has 0 aliphatic carbocycles. The number of rotatable bonds is 4. The van der Waals surface area contributed by atoms with Gasteiger partial charge in [0.25, 0.3) is 0 Å². The van der Waals surface area contributed by atoms with Gasteiger partial charge in [0.05, 0.1) is 11.4 Å². The third-order valence-corrected chi connectivity index (χ3v) is 3.33. The van der Waals surface area contributed by atoms with Crippen LogP contribution in [-0.4, -0.2) is 11.1 Å². The molecule has 1 N–H and O–H groups in total. The van der Waals surface area contributed by atoms with Crippen LogP contribution in [0.2, 0.25) is 0 Å². The molecule has 0 amide bonds. The van der Waals surface area contributed by atoms with Crippen LogP contribution in [0.4, 0.5) is 11.4 Å². The maximum atomic E-state index is 10.6. The van der Waals surface area contributed by atoms with E-state index in [1.54, 1.807) is 6.07 Å². The molecule has 4 heteroatoms. The van der Waals surface area contributed by atoms with Gasteiger partial charge in [-0.3, -0.25) is 0 Å². The van der Waals surface area contributed by atoms with Crippen molar-refractivity contribution in [3.63, 3.8) is 0 Å². The summed E-state index contributed by atoms with van der Waals surface area (Å²) < 4.78 is 0. The molecule has 0 atom stereocenters. The monoisotopic (exact) mass is 302 g/mol. The van der Waals surface area contributed by atoms with Crippen molar-refractivity contribution in [3.05, 3.63) is 78.4 Å². The molecule has 3 rings (SSSR count). The van der Waals surface area contributed by atoms with E-state index in [4.69, 9.17) is 5.11 Å². The largest absolute Gasteiger partial charge is 0.478 e. The van der Waals surface area contributed by atoms with E-state index in [-0.39, 0.29) is 0 Å². The van der Waals surface area contributed by atoms with Crippen molar-refractivity contribution < 1.29 is 9.90 Å². The molecule has 23 heavy (non-hydrogen) atoms. The summed E-state index contributed by atoms with van der Waals surface area (Å²) in [6, 6.07) is 21.1. The maximum absolute atomic E-state index is 10.6. The second-order valence-electron chi connectivity index (χ2n) is 4.96. The Morgan fingerprint density at radius 3 is 2.57 bits per heavy atom. The average molecular weight is 302 g/mol. The summed E-state index contributed by atoms with van der Waals surface area (Å²) in [5.74, 6) is -0.979. The van der Waals surface area contributed by atoms with E-state index in [1.165, 1.54) is 6.08 Å². The number of benzene rings is 3. The summed E-state index contributed by atoms with van der Waals surface area (Å²) in [5.41, 5.74) is 2.24. The van der Waals surface area contributed by atoms with Crippen LogP contribution in [0.25, 0.3) is 16.8 Å². The van der Waals surface area contributed by atoms with Gasteiger partial charge in [-0.05, 0) is 35.2 Å². The molecule has 3 aromatic rings. The predicted molar refractivity (Wildman–Crippen MR) is 91.2 cm³/mol. The van der Waals surface area contributed by atoms with Crippen LogP contribution in [-0.2, 0) is 4.79 Å². The van der Waals surface area contributed by atoms with Gasteiger partial charge in [0.15, 0.2) is 0 Å². The summed E-state index contributed by atoms with van der Waals surface area (Å²) in [5, 5.41) is 19.4. The van der Waals surface area contributed by atoms with Gasteiger partial charge >= 0.3 is 5.97 Å². The Morgan fingerprint density at radius 2 is 1.70 bits per heavy atom. The zero-order valence-corrected chi connectivity index (χ0v) is 12.3. The second-order valence-corrected chi connectivity index (χ2v) is 4.96. The van der Waals surface area contributed by atoms with Crippen LogP contribution >= 0.6 is 0 Å². The molecule has 0 saturated heterocycles. The molecular formula is C19H14N2O2. The Balaban J connectivity index is 1.90. The molecule has 0 spiro atoms. The average Bonchev–Trinajstić information content (AvgIpc) is 2.58. The summed E-state index contributed by atoms with van der Waals surface area (Å²) >= 11 is 0. The number of carboxylic acids is 1. The number of nitrogens with zero attached hydrogens (tertiary/aromatic N) is 2. The fraction of sp³-hybridized carbons (Fsp3) is 0. The van der Waals surface area contributed by atoms with E-state index in [0.717, 1.165) is 28.1 Å². The Labute approximate surface area is 133 Å². The molecule has 112 valence electrons. The molecule has 0 radical (unpaired) electrons. The lowest BCUT2D eigenvalue weighted by atomic mass is 10.1. The molecule has 0 saturated carbocycles. The highest BCUT2D eigenvalue weighted by Gasteiger charge is 1.99. The lowest BCUT2D eigenvalue weighted by Gasteiger charge is -2.00. The molecule has 0 unspecified atom stereocenters. The summed E-state index contributed by atoms with van der Waals surface area (Å²) in [7, 11) is 0. The number of hydrogen-bond acceptors (Lipinski definition) is 3. The van der Waals surface area contributed by atoms with Gasteiger partial charge in [-0.1, -0.05) is 48.5 Å². The first-order chi connectivity index (χ1) is 11.2. The smallest absolute Gasteiger partial charge is 0.328 e. The van der Waals surface area contributed by atoms with E-state index in [2.05, 4.69) is 10.2 Å². The van der Waals surface area contributed by atoms with Crippen molar-refractivity contribution in [2.45, 2.75) is 0 Å². The van der Waals surface area contributed by atoms with Gasteiger partial charge in [0, 0.05) is 11.5 Å². The number of carbonyl (C=O) groups is 1. The third kappa shape index (κ3) is 3.68. The Bertz CT molecular complexity index is 909. The summed E-state index contributed by atoms with van der Waals surface area (Å²) in [6.45, 7) is 0. The zero-order valence-electron chi connectivity index (χ0n) is 12.3. The van der Waals surface area contributed by atoms with Crippen LogP contribution in [0.1, 0.15) is 5.56 Å². The summed E-state index contributed by atoms with van der Waals surface area (Å²) in [6.07, 6.45) is 2.63. The first-order valence-electron chi connectivity index (χ1n) is 7.13. The van der Waals surface area contributed by atoms with Gasteiger partial charge in [-0.25, -0.2) is 4.79 Å². The minimum atomic E-state index is -0.979. The van der Waals surface area contributed by atoms with Gasteiger partial charge in [-0.2, -0.15) is 5.11 Å². The van der Waals surface area contributed by atoms with Gasteiger partial charge in [0.2, 0.25) is 0 Å². The van der Waals surface area contributed by atoms with Crippen molar-refractivity contribution >= 4 is 34.2 Å². The highest BCUT2D eigenvalue weighted by molar-refractivity contribution is 5.92. The molecule has 4 nitrogen and oxygen atoms in total. The number of azo groups is 1.